The lowest BCUT2D eigenvalue weighted by atomic mass is 9.48. The van der Waals surface area contributed by atoms with Crippen LogP contribution in [-0.4, -0.2) is 14.2 Å². The molecule has 0 atom stereocenters. The number of hydrogen-bond donors (Lipinski definition) is 1. The molecule has 4 aliphatic rings. The van der Waals surface area contributed by atoms with Crippen molar-refractivity contribution in [2.45, 2.75) is 50.3 Å². The van der Waals surface area contributed by atoms with Crippen molar-refractivity contribution in [3.05, 3.63) is 58.6 Å². The zero-order chi connectivity index (χ0) is 21.1. The van der Waals surface area contributed by atoms with E-state index in [4.69, 9.17) is 11.6 Å². The van der Waals surface area contributed by atoms with Gasteiger partial charge in [-0.25, -0.2) is 8.42 Å². The summed E-state index contributed by atoms with van der Waals surface area (Å²) < 4.78 is 28.6. The van der Waals surface area contributed by atoms with Crippen LogP contribution >= 0.6 is 11.6 Å². The summed E-state index contributed by atoms with van der Waals surface area (Å²) in [5, 5.41) is 0.474. The molecule has 4 nitrogen and oxygen atoms in total. The number of sulfonamides is 1. The van der Waals surface area contributed by atoms with Gasteiger partial charge < -0.3 is 0 Å². The highest BCUT2D eigenvalue weighted by molar-refractivity contribution is 7.92. The fraction of sp³-hybridized carbons (Fsp3) is 0.458. The summed E-state index contributed by atoms with van der Waals surface area (Å²) in [6.07, 6.45) is 6.64. The molecule has 30 heavy (non-hydrogen) atoms. The van der Waals surface area contributed by atoms with Crippen LogP contribution in [-0.2, 0) is 10.0 Å². The molecule has 2 aromatic carbocycles. The number of rotatable bonds is 5. The second-order valence-electron chi connectivity index (χ2n) is 9.64. The highest BCUT2D eigenvalue weighted by Gasteiger charge is 2.54. The van der Waals surface area contributed by atoms with Gasteiger partial charge in [-0.1, -0.05) is 17.7 Å². The SMILES string of the molecule is Cc1ccc(C(=O)C23CC4CC(CC(C4)C2)C3)c(NS(=O)(=O)c2ccc(Cl)cc2)c1. The summed E-state index contributed by atoms with van der Waals surface area (Å²) in [5.74, 6) is 2.08. The Labute approximate surface area is 183 Å². The highest BCUT2D eigenvalue weighted by atomic mass is 35.5. The lowest BCUT2D eigenvalue weighted by Gasteiger charge is -2.56. The summed E-state index contributed by atoms with van der Waals surface area (Å²) in [4.78, 5) is 14.0. The molecule has 0 spiro atoms. The summed E-state index contributed by atoms with van der Waals surface area (Å²) in [6.45, 7) is 1.90. The Balaban J connectivity index is 1.50. The molecule has 0 radical (unpaired) electrons. The number of ketones is 1. The Kier molecular flexibility index (Phi) is 4.75. The van der Waals surface area contributed by atoms with Crippen molar-refractivity contribution < 1.29 is 13.2 Å². The average molecular weight is 444 g/mol. The van der Waals surface area contributed by atoms with Crippen LogP contribution in [0.5, 0.6) is 0 Å². The number of halogens is 1. The summed E-state index contributed by atoms with van der Waals surface area (Å²) in [7, 11) is -3.82. The molecule has 4 fully saturated rings. The third-order valence-electron chi connectivity index (χ3n) is 7.31. The van der Waals surface area contributed by atoms with Crippen molar-refractivity contribution in [2.75, 3.05) is 4.72 Å². The fourth-order valence-corrected chi connectivity index (χ4v) is 7.63. The number of carbonyl (C=O) groups is 1. The topological polar surface area (TPSA) is 63.2 Å². The predicted octanol–water partition coefficient (Wildman–Crippen LogP) is 5.85. The molecule has 0 aliphatic heterocycles. The molecule has 1 N–H and O–H groups in total. The monoisotopic (exact) mass is 443 g/mol. The zero-order valence-electron chi connectivity index (χ0n) is 17.0. The molecule has 158 valence electrons. The van der Waals surface area contributed by atoms with Crippen LogP contribution < -0.4 is 4.72 Å². The average Bonchev–Trinajstić information content (AvgIpc) is 2.66. The third-order valence-corrected chi connectivity index (χ3v) is 8.94. The van der Waals surface area contributed by atoms with Gasteiger partial charge in [0.1, 0.15) is 0 Å². The van der Waals surface area contributed by atoms with Crippen molar-refractivity contribution in [1.82, 2.24) is 0 Å². The normalized spacial score (nSPS) is 29.7. The second-order valence-corrected chi connectivity index (χ2v) is 11.8. The van der Waals surface area contributed by atoms with Crippen molar-refractivity contribution in [3.8, 4) is 0 Å². The largest absolute Gasteiger partial charge is 0.293 e. The minimum Gasteiger partial charge on any atom is -0.293 e. The molecule has 0 heterocycles. The standard InChI is InChI=1S/C24H26ClNO3S/c1-15-2-7-21(22(8-15)26-30(28,29)20-5-3-19(25)4-6-20)23(27)24-12-16-9-17(13-24)11-18(10-16)14-24/h2-8,16-18,26H,9-14H2,1H3. The molecule has 0 amide bonds. The quantitative estimate of drug-likeness (QED) is 0.589. The van der Waals surface area contributed by atoms with Gasteiger partial charge in [-0.15, -0.1) is 0 Å². The van der Waals surface area contributed by atoms with Crippen molar-refractivity contribution >= 4 is 33.1 Å². The van der Waals surface area contributed by atoms with Crippen LogP contribution in [0.15, 0.2) is 47.4 Å². The lowest BCUT2D eigenvalue weighted by Crippen LogP contribution is -2.50. The molecule has 0 saturated heterocycles. The molecule has 0 aromatic heterocycles. The van der Waals surface area contributed by atoms with E-state index in [1.165, 1.54) is 31.4 Å². The second kappa shape index (κ2) is 7.10. The maximum atomic E-state index is 13.8. The minimum absolute atomic E-state index is 0.121. The van der Waals surface area contributed by atoms with Crippen molar-refractivity contribution in [2.24, 2.45) is 23.2 Å². The van der Waals surface area contributed by atoms with Crippen LogP contribution in [0.1, 0.15) is 54.4 Å². The van der Waals surface area contributed by atoms with E-state index in [0.29, 0.717) is 34.0 Å². The van der Waals surface area contributed by atoms with Gasteiger partial charge in [0, 0.05) is 16.0 Å². The number of hydrogen-bond acceptors (Lipinski definition) is 3. The van der Waals surface area contributed by atoms with E-state index in [9.17, 15) is 13.2 Å². The first-order valence-corrected chi connectivity index (χ1v) is 12.5. The van der Waals surface area contributed by atoms with Gasteiger partial charge >= 0.3 is 0 Å². The van der Waals surface area contributed by atoms with Gasteiger partial charge in [0.25, 0.3) is 10.0 Å². The molecule has 4 saturated carbocycles. The Morgan fingerprint density at radius 3 is 2.10 bits per heavy atom. The van der Waals surface area contributed by atoms with Crippen LogP contribution in [0.25, 0.3) is 0 Å². The first-order chi connectivity index (χ1) is 14.2. The van der Waals surface area contributed by atoms with Crippen molar-refractivity contribution in [3.63, 3.8) is 0 Å². The van der Waals surface area contributed by atoms with Gasteiger partial charge in [0.2, 0.25) is 0 Å². The van der Waals surface area contributed by atoms with Gasteiger partial charge in [-0.3, -0.25) is 9.52 Å². The summed E-state index contributed by atoms with van der Waals surface area (Å²) in [6, 6.07) is 11.5. The van der Waals surface area contributed by atoms with Crippen LogP contribution in [0.4, 0.5) is 5.69 Å². The first kappa shape index (κ1) is 20.1. The van der Waals surface area contributed by atoms with Crippen LogP contribution in [0.3, 0.4) is 0 Å². The number of aryl methyl sites for hydroxylation is 1. The number of nitrogens with one attached hydrogen (secondary N) is 1. The van der Waals surface area contributed by atoms with Gasteiger partial charge in [-0.2, -0.15) is 0 Å². The zero-order valence-corrected chi connectivity index (χ0v) is 18.6. The molecular weight excluding hydrogens is 418 g/mol. The first-order valence-electron chi connectivity index (χ1n) is 10.7. The minimum atomic E-state index is -3.82. The van der Waals surface area contributed by atoms with Gasteiger partial charge in [-0.05, 0) is 105 Å². The van der Waals surface area contributed by atoms with Crippen LogP contribution in [0.2, 0.25) is 5.02 Å². The molecular formula is C24H26ClNO3S. The maximum Gasteiger partial charge on any atom is 0.261 e. The Morgan fingerprint density at radius 2 is 1.53 bits per heavy atom. The highest BCUT2D eigenvalue weighted by Crippen LogP contribution is 2.61. The Morgan fingerprint density at radius 1 is 0.967 bits per heavy atom. The third kappa shape index (κ3) is 3.46. The number of Topliss-reactive ketones (excluding diaryl/α,β-unsaturated/α-hetero) is 1. The number of anilines is 1. The van der Waals surface area contributed by atoms with E-state index in [-0.39, 0.29) is 16.1 Å². The molecule has 2 aromatic rings. The lowest BCUT2D eigenvalue weighted by molar-refractivity contribution is -0.0352. The smallest absolute Gasteiger partial charge is 0.261 e. The molecule has 4 bridgehead atoms. The van der Waals surface area contributed by atoms with Crippen molar-refractivity contribution in [1.29, 1.82) is 0 Å². The molecule has 6 rings (SSSR count). The van der Waals surface area contributed by atoms with E-state index < -0.39 is 10.0 Å². The predicted molar refractivity (Wildman–Crippen MR) is 118 cm³/mol. The van der Waals surface area contributed by atoms with E-state index in [1.807, 2.05) is 13.0 Å². The fourth-order valence-electron chi connectivity index (χ4n) is 6.43. The molecule has 0 unspecified atom stereocenters. The molecule has 6 heteroatoms. The van der Waals surface area contributed by atoms with Gasteiger partial charge in [0.05, 0.1) is 10.6 Å². The maximum absolute atomic E-state index is 13.8. The summed E-state index contributed by atoms with van der Waals surface area (Å²) >= 11 is 5.90. The Hall–Kier alpha value is -1.85. The Bertz CT molecular complexity index is 1070. The number of benzene rings is 2. The van der Waals surface area contributed by atoms with E-state index in [1.54, 1.807) is 24.3 Å². The summed E-state index contributed by atoms with van der Waals surface area (Å²) in [5.41, 5.74) is 1.47. The molecule has 4 aliphatic carbocycles. The van der Waals surface area contributed by atoms with Crippen LogP contribution in [0, 0.1) is 30.1 Å². The van der Waals surface area contributed by atoms with Gasteiger partial charge in [0.15, 0.2) is 5.78 Å². The van der Waals surface area contributed by atoms with E-state index in [2.05, 4.69) is 4.72 Å². The number of carbonyl (C=O) groups excluding carboxylic acids is 1. The van der Waals surface area contributed by atoms with E-state index >= 15 is 0 Å². The van der Waals surface area contributed by atoms with E-state index in [0.717, 1.165) is 24.8 Å².